The van der Waals surface area contributed by atoms with Gasteiger partial charge in [-0.25, -0.2) is 8.42 Å². The first-order valence-corrected chi connectivity index (χ1v) is 8.16. The molecule has 0 amide bonds. The van der Waals surface area contributed by atoms with Crippen molar-refractivity contribution in [3.05, 3.63) is 46.2 Å². The summed E-state index contributed by atoms with van der Waals surface area (Å²) in [6.07, 6.45) is 2.33. The van der Waals surface area contributed by atoms with Gasteiger partial charge in [-0.2, -0.15) is 0 Å². The Labute approximate surface area is 115 Å². The fraction of sp³-hybridized carbons (Fsp3) is 0.250. The molecular weight excluding hydrogens is 284 g/mol. The van der Waals surface area contributed by atoms with Crippen molar-refractivity contribution in [1.82, 2.24) is 4.57 Å². The summed E-state index contributed by atoms with van der Waals surface area (Å²) in [5.41, 5.74) is 0.252. The molecule has 19 heavy (non-hydrogen) atoms. The predicted molar refractivity (Wildman–Crippen MR) is 76.1 cm³/mol. The van der Waals surface area contributed by atoms with Gasteiger partial charge in [0.1, 0.15) is 4.21 Å². The Morgan fingerprint density at radius 2 is 2.11 bits per heavy atom. The number of thiophene rings is 1. The van der Waals surface area contributed by atoms with Crippen LogP contribution in [0.2, 0.25) is 0 Å². The first-order chi connectivity index (χ1) is 9.03. The van der Waals surface area contributed by atoms with Gasteiger partial charge in [0, 0.05) is 18.8 Å². The molecule has 2 rings (SSSR count). The third-order valence-corrected chi connectivity index (χ3v) is 5.24. The van der Waals surface area contributed by atoms with Crippen LogP contribution in [-0.4, -0.2) is 13.0 Å². The summed E-state index contributed by atoms with van der Waals surface area (Å²) in [6.45, 7) is 2.52. The molecule has 0 saturated heterocycles. The van der Waals surface area contributed by atoms with E-state index in [4.69, 9.17) is 0 Å². The van der Waals surface area contributed by atoms with Crippen molar-refractivity contribution in [2.45, 2.75) is 24.1 Å². The van der Waals surface area contributed by atoms with E-state index in [1.807, 2.05) is 6.92 Å². The van der Waals surface area contributed by atoms with E-state index in [9.17, 15) is 13.2 Å². The first-order valence-electron chi connectivity index (χ1n) is 5.80. The standard InChI is InChI=1S/C12H14N2O3S2/c1-2-7-14-9-10(5-6-11(14)15)13-19(16,17)12-4-3-8-18-12/h3-6,8-9,13H,2,7H2,1H3. The van der Waals surface area contributed by atoms with Crippen molar-refractivity contribution >= 4 is 27.0 Å². The van der Waals surface area contributed by atoms with Gasteiger partial charge < -0.3 is 4.57 Å². The van der Waals surface area contributed by atoms with Gasteiger partial charge >= 0.3 is 0 Å². The van der Waals surface area contributed by atoms with E-state index in [0.29, 0.717) is 12.2 Å². The summed E-state index contributed by atoms with van der Waals surface area (Å²) in [5, 5.41) is 1.70. The van der Waals surface area contributed by atoms with Gasteiger partial charge in [0.2, 0.25) is 0 Å². The van der Waals surface area contributed by atoms with Gasteiger partial charge in [-0.1, -0.05) is 13.0 Å². The predicted octanol–water partition coefficient (Wildman–Crippen LogP) is 2.12. The lowest BCUT2D eigenvalue weighted by Gasteiger charge is -2.09. The molecule has 2 aromatic rings. The minimum absolute atomic E-state index is 0.138. The summed E-state index contributed by atoms with van der Waals surface area (Å²) in [6, 6.07) is 6.05. The molecule has 0 fully saturated rings. The molecule has 0 unspecified atom stereocenters. The highest BCUT2D eigenvalue weighted by molar-refractivity contribution is 7.94. The van der Waals surface area contributed by atoms with Crippen LogP contribution in [0.4, 0.5) is 5.69 Å². The molecule has 0 aliphatic heterocycles. The number of sulfonamides is 1. The Hall–Kier alpha value is -1.60. The van der Waals surface area contributed by atoms with Gasteiger partial charge in [0.15, 0.2) is 0 Å². The quantitative estimate of drug-likeness (QED) is 0.919. The minimum Gasteiger partial charge on any atom is -0.313 e. The average molecular weight is 298 g/mol. The van der Waals surface area contributed by atoms with Crippen LogP contribution in [0.5, 0.6) is 0 Å². The van der Waals surface area contributed by atoms with Gasteiger partial charge in [-0.15, -0.1) is 11.3 Å². The van der Waals surface area contributed by atoms with Crippen LogP contribution < -0.4 is 10.3 Å². The summed E-state index contributed by atoms with van der Waals surface area (Å²) >= 11 is 1.15. The van der Waals surface area contributed by atoms with Crippen molar-refractivity contribution in [3.8, 4) is 0 Å². The van der Waals surface area contributed by atoms with Crippen LogP contribution in [0.1, 0.15) is 13.3 Å². The van der Waals surface area contributed by atoms with Gasteiger partial charge in [-0.05, 0) is 23.9 Å². The second-order valence-corrected chi connectivity index (χ2v) is 6.84. The molecule has 2 heterocycles. The zero-order chi connectivity index (χ0) is 13.9. The van der Waals surface area contributed by atoms with Crippen molar-refractivity contribution in [3.63, 3.8) is 0 Å². The topological polar surface area (TPSA) is 68.2 Å². The smallest absolute Gasteiger partial charge is 0.271 e. The summed E-state index contributed by atoms with van der Waals surface area (Å²) in [5.74, 6) is 0. The molecular formula is C12H14N2O3S2. The summed E-state index contributed by atoms with van der Waals surface area (Å²) in [7, 11) is -3.56. The second-order valence-electron chi connectivity index (χ2n) is 3.99. The molecule has 1 N–H and O–H groups in total. The van der Waals surface area contributed by atoms with Gasteiger partial charge in [0.25, 0.3) is 15.6 Å². The number of anilines is 1. The number of aromatic nitrogens is 1. The Morgan fingerprint density at radius 1 is 1.32 bits per heavy atom. The maximum absolute atomic E-state index is 12.0. The highest BCUT2D eigenvalue weighted by atomic mass is 32.2. The number of hydrogen-bond acceptors (Lipinski definition) is 4. The first kappa shape index (κ1) is 13.8. The van der Waals surface area contributed by atoms with E-state index < -0.39 is 10.0 Å². The molecule has 0 spiro atoms. The Balaban J connectivity index is 2.29. The zero-order valence-electron chi connectivity index (χ0n) is 10.4. The highest BCUT2D eigenvalue weighted by Crippen LogP contribution is 2.19. The number of rotatable bonds is 5. The molecule has 0 atom stereocenters. The Bertz CT molecular complexity index is 703. The van der Waals surface area contributed by atoms with Crippen LogP contribution >= 0.6 is 11.3 Å². The summed E-state index contributed by atoms with van der Waals surface area (Å²) < 4.78 is 28.3. The fourth-order valence-electron chi connectivity index (χ4n) is 1.63. The lowest BCUT2D eigenvalue weighted by Crippen LogP contribution is -2.20. The van der Waals surface area contributed by atoms with Crippen molar-refractivity contribution < 1.29 is 8.42 Å². The summed E-state index contributed by atoms with van der Waals surface area (Å²) in [4.78, 5) is 11.5. The molecule has 0 radical (unpaired) electrons. The molecule has 0 bridgehead atoms. The molecule has 2 aromatic heterocycles. The third-order valence-electron chi connectivity index (χ3n) is 2.46. The van der Waals surface area contributed by atoms with Crippen LogP contribution in [0.3, 0.4) is 0 Å². The number of pyridine rings is 1. The van der Waals surface area contributed by atoms with Crippen LogP contribution in [0.25, 0.3) is 0 Å². The van der Waals surface area contributed by atoms with Crippen LogP contribution in [-0.2, 0) is 16.6 Å². The zero-order valence-corrected chi connectivity index (χ0v) is 12.0. The molecule has 7 heteroatoms. The van der Waals surface area contributed by atoms with Crippen molar-refractivity contribution in [2.24, 2.45) is 0 Å². The highest BCUT2D eigenvalue weighted by Gasteiger charge is 2.15. The van der Waals surface area contributed by atoms with Crippen molar-refractivity contribution in [2.75, 3.05) is 4.72 Å². The van der Waals surface area contributed by atoms with E-state index in [0.717, 1.165) is 17.8 Å². The minimum atomic E-state index is -3.56. The molecule has 102 valence electrons. The fourth-order valence-corrected chi connectivity index (χ4v) is 3.67. The monoisotopic (exact) mass is 298 g/mol. The Kier molecular flexibility index (Phi) is 4.06. The van der Waals surface area contributed by atoms with Gasteiger partial charge in [0.05, 0.1) is 5.69 Å². The van der Waals surface area contributed by atoms with Gasteiger partial charge in [-0.3, -0.25) is 9.52 Å². The van der Waals surface area contributed by atoms with E-state index in [1.54, 1.807) is 11.4 Å². The number of hydrogen-bond donors (Lipinski definition) is 1. The molecule has 0 saturated carbocycles. The lowest BCUT2D eigenvalue weighted by atomic mass is 10.4. The second kappa shape index (κ2) is 5.58. The van der Waals surface area contributed by atoms with Crippen LogP contribution in [0.15, 0.2) is 44.8 Å². The van der Waals surface area contributed by atoms with Crippen molar-refractivity contribution in [1.29, 1.82) is 0 Å². The largest absolute Gasteiger partial charge is 0.313 e. The maximum Gasteiger partial charge on any atom is 0.271 e. The number of nitrogens with zero attached hydrogens (tertiary/aromatic N) is 1. The lowest BCUT2D eigenvalue weighted by molar-refractivity contribution is 0.603. The normalized spacial score (nSPS) is 11.4. The number of aryl methyl sites for hydroxylation is 1. The molecule has 0 aromatic carbocycles. The Morgan fingerprint density at radius 3 is 2.74 bits per heavy atom. The maximum atomic E-state index is 12.0. The molecule has 0 aliphatic rings. The SMILES string of the molecule is CCCn1cc(NS(=O)(=O)c2cccs2)ccc1=O. The van der Waals surface area contributed by atoms with E-state index in [-0.39, 0.29) is 9.77 Å². The average Bonchev–Trinajstić information content (AvgIpc) is 2.88. The number of nitrogens with one attached hydrogen (secondary N) is 1. The molecule has 5 nitrogen and oxygen atoms in total. The van der Waals surface area contributed by atoms with E-state index >= 15 is 0 Å². The van der Waals surface area contributed by atoms with E-state index in [1.165, 1.54) is 29.0 Å². The third kappa shape index (κ3) is 3.24. The van der Waals surface area contributed by atoms with Crippen LogP contribution in [0, 0.1) is 0 Å². The molecule has 0 aliphatic carbocycles. The van der Waals surface area contributed by atoms with E-state index in [2.05, 4.69) is 4.72 Å².